The summed E-state index contributed by atoms with van der Waals surface area (Å²) in [7, 11) is -3.86. The van der Waals surface area contributed by atoms with Gasteiger partial charge in [0.1, 0.15) is 16.7 Å². The molecule has 0 aliphatic carbocycles. The van der Waals surface area contributed by atoms with E-state index in [2.05, 4.69) is 0 Å². The molecule has 2 atom stereocenters. The van der Waals surface area contributed by atoms with Crippen molar-refractivity contribution in [1.82, 2.24) is 9.21 Å². The molecule has 1 unspecified atom stereocenters. The Morgan fingerprint density at radius 3 is 2.42 bits per heavy atom. The minimum absolute atomic E-state index is 0.0759. The third-order valence-corrected chi connectivity index (χ3v) is 9.32. The molecule has 2 aliphatic heterocycles. The number of aliphatic carboxylic acids is 1. The highest BCUT2D eigenvalue weighted by Gasteiger charge is 2.36. The summed E-state index contributed by atoms with van der Waals surface area (Å²) in [6.45, 7) is 5.88. The fourth-order valence-electron chi connectivity index (χ4n) is 5.37. The average molecular weight is 563 g/mol. The molecule has 208 valence electrons. The van der Waals surface area contributed by atoms with E-state index in [4.69, 9.17) is 4.74 Å². The Bertz CT molecular complexity index is 1630. The number of aryl methyl sites for hydroxylation is 1. The molecule has 0 saturated carbocycles. The first-order chi connectivity index (χ1) is 19.0. The molecule has 1 N–H and O–H groups in total. The zero-order valence-electron chi connectivity index (χ0n) is 22.5. The van der Waals surface area contributed by atoms with E-state index < -0.39 is 27.8 Å². The standard InChI is InChI=1S/C30H30N2O7S/c1-4-32-29(35)23-12-11-21(14-25(23)30(32)36)24(15-28(33)34)20-10-9-18(2)22(13-20)17-31-16-19(3)39-26-7-5-6-8-27(26)40(31,37)38/h5-14,19,24H,4,15-17H2,1-3H3,(H,33,34)/t19-,24?/m1/s1. The highest BCUT2D eigenvalue weighted by Crippen LogP contribution is 2.35. The molecule has 40 heavy (non-hydrogen) atoms. The van der Waals surface area contributed by atoms with Gasteiger partial charge in [-0.2, -0.15) is 4.31 Å². The lowest BCUT2D eigenvalue weighted by Crippen LogP contribution is -2.35. The summed E-state index contributed by atoms with van der Waals surface area (Å²) >= 11 is 0. The third kappa shape index (κ3) is 4.89. The van der Waals surface area contributed by atoms with Gasteiger partial charge in [0.05, 0.1) is 24.1 Å². The zero-order chi connectivity index (χ0) is 28.8. The summed E-state index contributed by atoms with van der Waals surface area (Å²) in [5.74, 6) is -2.09. The molecular formula is C30H30N2O7S. The highest BCUT2D eigenvalue weighted by atomic mass is 32.2. The fourth-order valence-corrected chi connectivity index (χ4v) is 6.99. The van der Waals surface area contributed by atoms with Crippen LogP contribution in [0, 0.1) is 6.92 Å². The number of nitrogens with zero attached hydrogens (tertiary/aromatic N) is 2. The van der Waals surface area contributed by atoms with Gasteiger partial charge in [-0.1, -0.05) is 36.4 Å². The molecule has 2 heterocycles. The number of fused-ring (bicyclic) bond motifs is 2. The average Bonchev–Trinajstić information content (AvgIpc) is 3.10. The van der Waals surface area contributed by atoms with Crippen LogP contribution in [-0.2, 0) is 21.4 Å². The van der Waals surface area contributed by atoms with Gasteiger partial charge in [0, 0.05) is 19.0 Å². The summed E-state index contributed by atoms with van der Waals surface area (Å²) in [5, 5.41) is 9.75. The second-order valence-electron chi connectivity index (χ2n) is 10.2. The first kappa shape index (κ1) is 27.5. The van der Waals surface area contributed by atoms with Gasteiger partial charge in [-0.25, -0.2) is 8.42 Å². The Morgan fingerprint density at radius 1 is 1.02 bits per heavy atom. The molecule has 3 aromatic carbocycles. The topological polar surface area (TPSA) is 121 Å². The number of imide groups is 1. The number of carboxylic acids is 1. The smallest absolute Gasteiger partial charge is 0.304 e. The van der Waals surface area contributed by atoms with Gasteiger partial charge in [-0.05, 0) is 67.3 Å². The van der Waals surface area contributed by atoms with Gasteiger partial charge in [0.25, 0.3) is 11.8 Å². The zero-order valence-corrected chi connectivity index (χ0v) is 23.3. The molecule has 0 bridgehead atoms. The largest absolute Gasteiger partial charge is 0.488 e. The number of rotatable bonds is 7. The summed E-state index contributed by atoms with van der Waals surface area (Å²) in [6.07, 6.45) is -0.628. The van der Waals surface area contributed by atoms with Crippen LogP contribution in [0.2, 0.25) is 0 Å². The maximum absolute atomic E-state index is 13.6. The maximum Gasteiger partial charge on any atom is 0.304 e. The van der Waals surface area contributed by atoms with Crippen LogP contribution in [0.3, 0.4) is 0 Å². The van der Waals surface area contributed by atoms with E-state index >= 15 is 0 Å². The van der Waals surface area contributed by atoms with E-state index in [1.54, 1.807) is 43.3 Å². The van der Waals surface area contributed by atoms with Crippen molar-refractivity contribution in [3.05, 3.63) is 94.0 Å². The van der Waals surface area contributed by atoms with Crippen LogP contribution in [0.15, 0.2) is 65.6 Å². The fraction of sp³-hybridized carbons (Fsp3) is 0.300. The number of carbonyl (C=O) groups is 3. The number of sulfonamides is 1. The van der Waals surface area contributed by atoms with E-state index in [0.29, 0.717) is 22.4 Å². The molecule has 0 saturated heterocycles. The number of ether oxygens (including phenoxy) is 1. The Kier molecular flexibility index (Phi) is 7.24. The molecule has 2 aliphatic rings. The Hall–Kier alpha value is -4.02. The van der Waals surface area contributed by atoms with E-state index in [1.807, 2.05) is 32.0 Å². The quantitative estimate of drug-likeness (QED) is 0.429. The van der Waals surface area contributed by atoms with Crippen molar-refractivity contribution < 1.29 is 32.6 Å². The van der Waals surface area contributed by atoms with Crippen LogP contribution in [0.25, 0.3) is 0 Å². The summed E-state index contributed by atoms with van der Waals surface area (Å²) in [4.78, 5) is 38.6. The number of hydrogen-bond donors (Lipinski definition) is 1. The lowest BCUT2D eigenvalue weighted by molar-refractivity contribution is -0.137. The number of hydrogen-bond acceptors (Lipinski definition) is 6. The number of carboxylic acid groups (broad SMARTS) is 1. The molecule has 0 fully saturated rings. The Labute approximate surface area is 233 Å². The second kappa shape index (κ2) is 10.5. The third-order valence-electron chi connectivity index (χ3n) is 7.47. The maximum atomic E-state index is 13.6. The van der Waals surface area contributed by atoms with Crippen molar-refractivity contribution in [2.24, 2.45) is 0 Å². The van der Waals surface area contributed by atoms with Crippen LogP contribution in [0.1, 0.15) is 69.2 Å². The predicted molar refractivity (Wildman–Crippen MR) is 147 cm³/mol. The molecule has 0 radical (unpaired) electrons. The van der Waals surface area contributed by atoms with Gasteiger partial charge in [0.2, 0.25) is 10.0 Å². The van der Waals surface area contributed by atoms with E-state index in [1.165, 1.54) is 10.4 Å². The van der Waals surface area contributed by atoms with Gasteiger partial charge < -0.3 is 9.84 Å². The van der Waals surface area contributed by atoms with E-state index in [-0.39, 0.29) is 48.5 Å². The van der Waals surface area contributed by atoms with Crippen LogP contribution in [0.4, 0.5) is 0 Å². The van der Waals surface area contributed by atoms with Crippen molar-refractivity contribution in [3.8, 4) is 5.75 Å². The van der Waals surface area contributed by atoms with Crippen molar-refractivity contribution in [2.75, 3.05) is 13.1 Å². The van der Waals surface area contributed by atoms with Crippen LogP contribution in [0.5, 0.6) is 5.75 Å². The summed E-state index contributed by atoms with van der Waals surface area (Å²) < 4.78 is 34.5. The molecular weight excluding hydrogens is 532 g/mol. The Morgan fingerprint density at radius 2 is 1.70 bits per heavy atom. The normalized spacial score (nSPS) is 19.0. The minimum atomic E-state index is -3.86. The highest BCUT2D eigenvalue weighted by molar-refractivity contribution is 7.89. The minimum Gasteiger partial charge on any atom is -0.488 e. The van der Waals surface area contributed by atoms with E-state index in [9.17, 15) is 27.9 Å². The first-order valence-electron chi connectivity index (χ1n) is 13.1. The monoisotopic (exact) mass is 562 g/mol. The molecule has 10 heteroatoms. The number of benzene rings is 3. The van der Waals surface area contributed by atoms with E-state index in [0.717, 1.165) is 16.0 Å². The number of para-hydroxylation sites is 1. The molecule has 9 nitrogen and oxygen atoms in total. The van der Waals surface area contributed by atoms with Crippen molar-refractivity contribution in [1.29, 1.82) is 0 Å². The lowest BCUT2D eigenvalue weighted by atomic mass is 9.85. The van der Waals surface area contributed by atoms with Gasteiger partial charge >= 0.3 is 5.97 Å². The van der Waals surface area contributed by atoms with Gasteiger partial charge in [-0.15, -0.1) is 0 Å². The van der Waals surface area contributed by atoms with Crippen LogP contribution < -0.4 is 4.74 Å². The Balaban J connectivity index is 1.52. The SMILES string of the molecule is CCN1C(=O)c2ccc(C(CC(=O)O)c3ccc(C)c(CN4C[C@@H](C)Oc5ccccc5S4(=O)=O)c3)cc2C1=O. The van der Waals surface area contributed by atoms with Crippen LogP contribution in [-0.4, -0.2) is 59.7 Å². The van der Waals surface area contributed by atoms with Gasteiger partial charge in [0.15, 0.2) is 0 Å². The molecule has 2 amide bonds. The summed E-state index contributed by atoms with van der Waals surface area (Å²) in [6, 6.07) is 16.9. The van der Waals surface area contributed by atoms with Gasteiger partial charge in [-0.3, -0.25) is 19.3 Å². The molecule has 0 spiro atoms. The predicted octanol–water partition coefficient (Wildman–Crippen LogP) is 4.19. The summed E-state index contributed by atoms with van der Waals surface area (Å²) in [5.41, 5.74) is 3.41. The van der Waals surface area contributed by atoms with Crippen LogP contribution >= 0.6 is 0 Å². The molecule has 5 rings (SSSR count). The van der Waals surface area contributed by atoms with Crippen molar-refractivity contribution >= 4 is 27.8 Å². The lowest BCUT2D eigenvalue weighted by Gasteiger charge is -2.24. The number of amides is 2. The second-order valence-corrected chi connectivity index (χ2v) is 12.1. The number of carbonyl (C=O) groups excluding carboxylic acids is 2. The molecule has 0 aromatic heterocycles. The molecule has 3 aromatic rings. The van der Waals surface area contributed by atoms with Crippen molar-refractivity contribution in [2.45, 2.75) is 50.7 Å². The first-order valence-corrected chi connectivity index (χ1v) is 14.5. The van der Waals surface area contributed by atoms with Crippen molar-refractivity contribution in [3.63, 3.8) is 0 Å².